The van der Waals surface area contributed by atoms with Gasteiger partial charge in [0, 0.05) is 37.0 Å². The van der Waals surface area contributed by atoms with Gasteiger partial charge in [-0.2, -0.15) is 13.2 Å². The largest absolute Gasteiger partial charge is 0.418 e. The van der Waals surface area contributed by atoms with E-state index in [-0.39, 0.29) is 42.8 Å². The molecule has 1 saturated heterocycles. The van der Waals surface area contributed by atoms with Crippen molar-refractivity contribution in [1.82, 2.24) is 10.3 Å². The first kappa shape index (κ1) is 27.1. The smallest absolute Gasteiger partial charge is 0.384 e. The van der Waals surface area contributed by atoms with E-state index in [2.05, 4.69) is 15.6 Å². The van der Waals surface area contributed by atoms with Crippen LogP contribution in [0.25, 0.3) is 0 Å². The van der Waals surface area contributed by atoms with Crippen molar-refractivity contribution in [3.05, 3.63) is 83.6 Å². The van der Waals surface area contributed by atoms with Gasteiger partial charge in [0.2, 0.25) is 5.91 Å². The maximum atomic E-state index is 13.2. The summed E-state index contributed by atoms with van der Waals surface area (Å²) in [6.07, 6.45) is -1.09. The van der Waals surface area contributed by atoms with E-state index in [0.717, 1.165) is 11.6 Å². The van der Waals surface area contributed by atoms with Crippen LogP contribution in [0.1, 0.15) is 47.2 Å². The van der Waals surface area contributed by atoms with Crippen molar-refractivity contribution in [2.45, 2.75) is 38.4 Å². The Morgan fingerprint density at radius 1 is 1.08 bits per heavy atom. The predicted molar refractivity (Wildman–Crippen MR) is 138 cm³/mol. The van der Waals surface area contributed by atoms with Crippen LogP contribution in [0.4, 0.5) is 30.4 Å². The van der Waals surface area contributed by atoms with Crippen molar-refractivity contribution in [1.29, 1.82) is 0 Å². The summed E-state index contributed by atoms with van der Waals surface area (Å²) in [5.74, 6) is 0.0860. The summed E-state index contributed by atoms with van der Waals surface area (Å²) in [5, 5.41) is 5.77. The number of alkyl halides is 3. The highest BCUT2D eigenvalue weighted by Gasteiger charge is 2.41. The van der Waals surface area contributed by atoms with Gasteiger partial charge in [0.25, 0.3) is 0 Å². The highest BCUT2D eigenvalue weighted by Crippen LogP contribution is 2.36. The Morgan fingerprint density at radius 2 is 1.84 bits per heavy atom. The molecule has 1 aromatic heterocycles. The Bertz CT molecular complexity index is 1270. The number of ketones is 1. The standard InChI is InChI=1S/C28H29F3N4O3/c29-28(30,31)22-4-1-2-5-23(22)35-21-9-7-19(8-10-21)17-34-26(37)27(13-15-38-18-27)12-3-6-24(36)20-11-14-33-25(32)16-20/h1-2,4-5,7-11,14,16,35H,3,6,12-13,15,17-18H2,(H2,32,33)(H,34,37). The number of nitrogen functional groups attached to an aromatic ring is 1. The summed E-state index contributed by atoms with van der Waals surface area (Å²) < 4.78 is 45.3. The number of nitrogens with one attached hydrogen (secondary N) is 2. The molecule has 38 heavy (non-hydrogen) atoms. The zero-order chi connectivity index (χ0) is 27.2. The van der Waals surface area contributed by atoms with Crippen molar-refractivity contribution in [3.63, 3.8) is 0 Å². The minimum atomic E-state index is -4.46. The summed E-state index contributed by atoms with van der Waals surface area (Å²) in [5.41, 5.74) is 5.97. The van der Waals surface area contributed by atoms with E-state index in [1.54, 1.807) is 36.4 Å². The average molecular weight is 527 g/mol. The molecular weight excluding hydrogens is 497 g/mol. The van der Waals surface area contributed by atoms with Gasteiger partial charge in [-0.25, -0.2) is 4.98 Å². The number of anilines is 3. The van der Waals surface area contributed by atoms with Gasteiger partial charge in [-0.05, 0) is 61.2 Å². The molecule has 2 heterocycles. The summed E-state index contributed by atoms with van der Waals surface area (Å²) in [7, 11) is 0. The number of ether oxygens (including phenoxy) is 1. The minimum Gasteiger partial charge on any atom is -0.384 e. The Kier molecular flexibility index (Phi) is 8.31. The molecule has 1 aliphatic heterocycles. The summed E-state index contributed by atoms with van der Waals surface area (Å²) in [6.45, 7) is 1.02. The summed E-state index contributed by atoms with van der Waals surface area (Å²) in [4.78, 5) is 29.5. The van der Waals surface area contributed by atoms with Gasteiger partial charge >= 0.3 is 6.18 Å². The molecule has 4 N–H and O–H groups in total. The monoisotopic (exact) mass is 526 g/mol. The molecule has 0 aliphatic carbocycles. The summed E-state index contributed by atoms with van der Waals surface area (Å²) in [6, 6.07) is 15.3. The second-order valence-corrected chi connectivity index (χ2v) is 9.38. The number of hydrogen-bond donors (Lipinski definition) is 3. The second-order valence-electron chi connectivity index (χ2n) is 9.38. The van der Waals surface area contributed by atoms with E-state index in [1.807, 2.05) is 0 Å². The van der Waals surface area contributed by atoms with Crippen LogP contribution in [0.5, 0.6) is 0 Å². The van der Waals surface area contributed by atoms with Crippen molar-refractivity contribution in [2.24, 2.45) is 5.41 Å². The number of aromatic nitrogens is 1. The molecule has 10 heteroatoms. The van der Waals surface area contributed by atoms with Crippen LogP contribution in [-0.2, 0) is 22.3 Å². The molecule has 1 fully saturated rings. The number of pyridine rings is 1. The Morgan fingerprint density at radius 3 is 2.53 bits per heavy atom. The first-order chi connectivity index (χ1) is 18.2. The Balaban J connectivity index is 1.31. The quantitative estimate of drug-likeness (QED) is 0.301. The molecule has 1 atom stereocenters. The number of nitrogens with two attached hydrogens (primary N) is 1. The number of benzene rings is 2. The zero-order valence-electron chi connectivity index (χ0n) is 20.7. The minimum absolute atomic E-state index is 0.0323. The molecule has 3 aromatic rings. The van der Waals surface area contributed by atoms with Gasteiger partial charge in [0.1, 0.15) is 5.82 Å². The van der Waals surface area contributed by atoms with Crippen LogP contribution in [-0.4, -0.2) is 29.9 Å². The lowest BCUT2D eigenvalue weighted by Crippen LogP contribution is -2.41. The van der Waals surface area contributed by atoms with Crippen molar-refractivity contribution in [2.75, 3.05) is 24.3 Å². The van der Waals surface area contributed by atoms with Gasteiger partial charge in [-0.15, -0.1) is 0 Å². The van der Waals surface area contributed by atoms with E-state index in [4.69, 9.17) is 10.5 Å². The number of hydrogen-bond acceptors (Lipinski definition) is 6. The highest BCUT2D eigenvalue weighted by atomic mass is 19.4. The Labute approximate surface area is 218 Å². The van der Waals surface area contributed by atoms with Gasteiger partial charge in [0.05, 0.1) is 23.3 Å². The van der Waals surface area contributed by atoms with Crippen molar-refractivity contribution in [3.8, 4) is 0 Å². The third-order valence-electron chi connectivity index (χ3n) is 6.67. The van der Waals surface area contributed by atoms with Crippen LogP contribution in [0.15, 0.2) is 66.9 Å². The number of amides is 1. The third kappa shape index (κ3) is 6.69. The van der Waals surface area contributed by atoms with Crippen LogP contribution in [0.2, 0.25) is 0 Å². The van der Waals surface area contributed by atoms with Crippen LogP contribution < -0.4 is 16.4 Å². The first-order valence-corrected chi connectivity index (χ1v) is 12.3. The van der Waals surface area contributed by atoms with Gasteiger partial charge < -0.3 is 21.1 Å². The lowest BCUT2D eigenvalue weighted by atomic mass is 9.80. The molecule has 1 amide bonds. The topological polar surface area (TPSA) is 106 Å². The molecule has 200 valence electrons. The van der Waals surface area contributed by atoms with Gasteiger partial charge in [0.15, 0.2) is 5.78 Å². The molecular formula is C28H29F3N4O3. The van der Waals surface area contributed by atoms with Crippen molar-refractivity contribution < 1.29 is 27.5 Å². The van der Waals surface area contributed by atoms with E-state index in [9.17, 15) is 22.8 Å². The molecule has 7 nitrogen and oxygen atoms in total. The number of carbonyl (C=O) groups is 2. The molecule has 0 saturated carbocycles. The van der Waals surface area contributed by atoms with Crippen molar-refractivity contribution >= 4 is 28.9 Å². The normalized spacial score (nSPS) is 17.2. The SMILES string of the molecule is Nc1cc(C(=O)CCCC2(C(=O)NCc3ccc(Nc4ccccc4C(F)(F)F)cc3)CCOC2)ccn1. The van der Waals surface area contributed by atoms with Crippen LogP contribution in [0.3, 0.4) is 0 Å². The molecule has 2 aromatic carbocycles. The number of para-hydroxylation sites is 1. The highest BCUT2D eigenvalue weighted by molar-refractivity contribution is 5.96. The lowest BCUT2D eigenvalue weighted by molar-refractivity contribution is -0.137. The maximum Gasteiger partial charge on any atom is 0.418 e. The van der Waals surface area contributed by atoms with Gasteiger partial charge in [-0.1, -0.05) is 24.3 Å². The summed E-state index contributed by atoms with van der Waals surface area (Å²) >= 11 is 0. The number of rotatable bonds is 10. The molecule has 0 spiro atoms. The molecule has 4 rings (SSSR count). The molecule has 0 bridgehead atoms. The Hall–Kier alpha value is -3.92. The fraction of sp³-hybridized carbons (Fsp3) is 0.321. The van der Waals surface area contributed by atoms with Gasteiger partial charge in [-0.3, -0.25) is 9.59 Å². The fourth-order valence-corrected chi connectivity index (χ4v) is 4.52. The zero-order valence-corrected chi connectivity index (χ0v) is 20.7. The van der Waals surface area contributed by atoms with E-state index in [1.165, 1.54) is 24.4 Å². The number of halogens is 3. The number of Topliss-reactive ketones (excluding diaryl/α,β-unsaturated/α-hetero) is 1. The average Bonchev–Trinajstić information content (AvgIpc) is 3.38. The molecule has 0 radical (unpaired) electrons. The van der Waals surface area contributed by atoms with E-state index in [0.29, 0.717) is 37.1 Å². The van der Waals surface area contributed by atoms with Crippen LogP contribution in [0, 0.1) is 5.41 Å². The maximum absolute atomic E-state index is 13.2. The first-order valence-electron chi connectivity index (χ1n) is 12.3. The number of carbonyl (C=O) groups excluding carboxylic acids is 2. The van der Waals surface area contributed by atoms with E-state index >= 15 is 0 Å². The third-order valence-corrected chi connectivity index (χ3v) is 6.67. The van der Waals surface area contributed by atoms with E-state index < -0.39 is 17.2 Å². The number of nitrogens with zero attached hydrogens (tertiary/aromatic N) is 1. The second kappa shape index (κ2) is 11.6. The fourth-order valence-electron chi connectivity index (χ4n) is 4.52. The molecule has 1 unspecified atom stereocenters. The predicted octanol–water partition coefficient (Wildman–Crippen LogP) is 5.50. The lowest BCUT2D eigenvalue weighted by Gasteiger charge is -2.26. The van der Waals surface area contributed by atoms with Crippen LogP contribution >= 0.6 is 0 Å². The molecule has 1 aliphatic rings.